The molecule has 0 bridgehead atoms. The SMILES string of the molecule is O=S(=O)(Cl)Cc1ccccc1-c1ncco1. The van der Waals surface area contributed by atoms with E-state index >= 15 is 0 Å². The Bertz CT molecular complexity index is 578. The van der Waals surface area contributed by atoms with Gasteiger partial charge in [-0.2, -0.15) is 0 Å². The van der Waals surface area contributed by atoms with Gasteiger partial charge in [-0.05, 0) is 11.6 Å². The molecule has 6 heteroatoms. The number of aromatic nitrogens is 1. The van der Waals surface area contributed by atoms with Gasteiger partial charge in [-0.1, -0.05) is 18.2 Å². The second kappa shape index (κ2) is 4.27. The maximum absolute atomic E-state index is 11.0. The van der Waals surface area contributed by atoms with Gasteiger partial charge in [-0.25, -0.2) is 13.4 Å². The number of benzene rings is 1. The van der Waals surface area contributed by atoms with Crippen LogP contribution < -0.4 is 0 Å². The zero-order valence-corrected chi connectivity index (χ0v) is 9.70. The van der Waals surface area contributed by atoms with E-state index in [-0.39, 0.29) is 5.75 Å². The minimum atomic E-state index is -3.59. The van der Waals surface area contributed by atoms with Gasteiger partial charge in [0.2, 0.25) is 14.9 Å². The first kappa shape index (κ1) is 11.2. The molecule has 0 N–H and O–H groups in total. The lowest BCUT2D eigenvalue weighted by Crippen LogP contribution is -1.97. The highest BCUT2D eigenvalue weighted by Gasteiger charge is 2.14. The molecule has 0 fully saturated rings. The summed E-state index contributed by atoms with van der Waals surface area (Å²) in [5.74, 6) is 0.142. The highest BCUT2D eigenvalue weighted by atomic mass is 35.7. The largest absolute Gasteiger partial charge is 0.445 e. The first-order valence-electron chi connectivity index (χ1n) is 4.46. The smallest absolute Gasteiger partial charge is 0.236 e. The number of rotatable bonds is 3. The Balaban J connectivity index is 2.47. The van der Waals surface area contributed by atoms with Crippen LogP contribution in [0.2, 0.25) is 0 Å². The standard InChI is InChI=1S/C10H8ClNO3S/c11-16(13,14)7-8-3-1-2-4-9(8)10-12-5-6-15-10/h1-6H,7H2. The van der Waals surface area contributed by atoms with Crippen molar-refractivity contribution < 1.29 is 12.8 Å². The molecule has 0 saturated heterocycles. The topological polar surface area (TPSA) is 60.2 Å². The molecule has 0 spiro atoms. The average Bonchev–Trinajstić information content (AvgIpc) is 2.69. The van der Waals surface area contributed by atoms with Crippen molar-refractivity contribution in [1.29, 1.82) is 0 Å². The van der Waals surface area contributed by atoms with Crippen LogP contribution in [0.4, 0.5) is 0 Å². The van der Waals surface area contributed by atoms with Crippen LogP contribution in [0.15, 0.2) is 41.1 Å². The predicted octanol–water partition coefficient (Wildman–Crippen LogP) is 2.41. The van der Waals surface area contributed by atoms with Gasteiger partial charge in [-0.3, -0.25) is 0 Å². The molecule has 2 aromatic rings. The second-order valence-corrected chi connectivity index (χ2v) is 5.95. The van der Waals surface area contributed by atoms with Crippen molar-refractivity contribution in [3.63, 3.8) is 0 Å². The molecule has 0 aliphatic rings. The summed E-state index contributed by atoms with van der Waals surface area (Å²) in [7, 11) is 1.63. The first-order valence-corrected chi connectivity index (χ1v) is 6.94. The first-order chi connectivity index (χ1) is 7.56. The van der Waals surface area contributed by atoms with Gasteiger partial charge < -0.3 is 4.42 Å². The van der Waals surface area contributed by atoms with Gasteiger partial charge in [0.25, 0.3) is 0 Å². The molecular weight excluding hydrogens is 250 g/mol. The molecule has 2 rings (SSSR count). The van der Waals surface area contributed by atoms with Gasteiger partial charge in [0.05, 0.1) is 11.9 Å². The van der Waals surface area contributed by atoms with Crippen molar-refractivity contribution in [2.45, 2.75) is 5.75 Å². The highest BCUT2D eigenvalue weighted by molar-refractivity contribution is 8.13. The van der Waals surface area contributed by atoms with E-state index < -0.39 is 9.05 Å². The van der Waals surface area contributed by atoms with Crippen LogP contribution in [-0.2, 0) is 14.8 Å². The van der Waals surface area contributed by atoms with E-state index in [1.165, 1.54) is 12.5 Å². The molecule has 1 aromatic heterocycles. The molecule has 1 aromatic carbocycles. The van der Waals surface area contributed by atoms with E-state index in [2.05, 4.69) is 4.98 Å². The Morgan fingerprint density at radius 2 is 2.06 bits per heavy atom. The zero-order chi connectivity index (χ0) is 11.6. The minimum absolute atomic E-state index is 0.243. The normalized spacial score (nSPS) is 11.6. The number of nitrogens with zero attached hydrogens (tertiary/aromatic N) is 1. The summed E-state index contributed by atoms with van der Waals surface area (Å²) >= 11 is 0. The maximum atomic E-state index is 11.0. The third-order valence-corrected chi connectivity index (χ3v) is 2.99. The second-order valence-electron chi connectivity index (χ2n) is 3.18. The Kier molecular flexibility index (Phi) is 2.98. The van der Waals surface area contributed by atoms with Crippen LogP contribution in [0, 0.1) is 0 Å². The van der Waals surface area contributed by atoms with Crippen LogP contribution in [0.3, 0.4) is 0 Å². The molecule has 0 unspecified atom stereocenters. The molecule has 0 saturated carbocycles. The third kappa shape index (κ3) is 2.62. The Hall–Kier alpha value is -1.33. The van der Waals surface area contributed by atoms with Crippen molar-refractivity contribution in [3.8, 4) is 11.5 Å². The summed E-state index contributed by atoms with van der Waals surface area (Å²) in [6, 6.07) is 6.94. The third-order valence-electron chi connectivity index (χ3n) is 2.01. The van der Waals surface area contributed by atoms with Crippen LogP contribution >= 0.6 is 10.7 Å². The van der Waals surface area contributed by atoms with Crippen LogP contribution in [0.5, 0.6) is 0 Å². The van der Waals surface area contributed by atoms with Gasteiger partial charge in [0, 0.05) is 16.2 Å². The van der Waals surface area contributed by atoms with Crippen molar-refractivity contribution in [1.82, 2.24) is 4.98 Å². The fraction of sp³-hybridized carbons (Fsp3) is 0.100. The van der Waals surface area contributed by atoms with Crippen LogP contribution in [-0.4, -0.2) is 13.4 Å². The predicted molar refractivity (Wildman–Crippen MR) is 60.4 cm³/mol. The lowest BCUT2D eigenvalue weighted by molar-refractivity contribution is 0.574. The van der Waals surface area contributed by atoms with E-state index in [0.717, 1.165) is 0 Å². The number of halogens is 1. The molecule has 1 heterocycles. The Labute approximate surface area is 97.3 Å². The van der Waals surface area contributed by atoms with Crippen molar-refractivity contribution >= 4 is 19.7 Å². The van der Waals surface area contributed by atoms with Gasteiger partial charge in [0.15, 0.2) is 0 Å². The highest BCUT2D eigenvalue weighted by Crippen LogP contribution is 2.24. The van der Waals surface area contributed by atoms with Crippen LogP contribution in [0.1, 0.15) is 5.56 Å². The summed E-state index contributed by atoms with van der Waals surface area (Å²) in [5, 5.41) is 0. The van der Waals surface area contributed by atoms with Crippen LogP contribution in [0.25, 0.3) is 11.5 Å². The molecule has 0 aliphatic carbocycles. The van der Waals surface area contributed by atoms with E-state index in [1.807, 2.05) is 0 Å². The fourth-order valence-electron chi connectivity index (χ4n) is 1.40. The summed E-state index contributed by atoms with van der Waals surface area (Å²) in [5.41, 5.74) is 1.21. The number of hydrogen-bond acceptors (Lipinski definition) is 4. The molecule has 0 radical (unpaired) electrons. The monoisotopic (exact) mass is 257 g/mol. The summed E-state index contributed by atoms with van der Waals surface area (Å²) in [6.07, 6.45) is 2.93. The van der Waals surface area contributed by atoms with Crippen molar-refractivity contribution in [3.05, 3.63) is 42.3 Å². The van der Waals surface area contributed by atoms with Crippen molar-refractivity contribution in [2.24, 2.45) is 0 Å². The Morgan fingerprint density at radius 1 is 1.31 bits per heavy atom. The van der Waals surface area contributed by atoms with Gasteiger partial charge in [0.1, 0.15) is 6.26 Å². The van der Waals surface area contributed by atoms with E-state index in [4.69, 9.17) is 15.1 Å². The van der Waals surface area contributed by atoms with E-state index in [0.29, 0.717) is 17.0 Å². The van der Waals surface area contributed by atoms with Gasteiger partial charge >= 0.3 is 0 Å². The van der Waals surface area contributed by atoms with Crippen molar-refractivity contribution in [2.75, 3.05) is 0 Å². The number of oxazole rings is 1. The van der Waals surface area contributed by atoms with E-state index in [1.54, 1.807) is 24.3 Å². The summed E-state index contributed by atoms with van der Waals surface area (Å²) in [6.45, 7) is 0. The maximum Gasteiger partial charge on any atom is 0.236 e. The average molecular weight is 258 g/mol. The summed E-state index contributed by atoms with van der Waals surface area (Å²) < 4.78 is 27.2. The minimum Gasteiger partial charge on any atom is -0.445 e. The molecule has 0 aliphatic heterocycles. The number of hydrogen-bond donors (Lipinski definition) is 0. The zero-order valence-electron chi connectivity index (χ0n) is 8.13. The lowest BCUT2D eigenvalue weighted by Gasteiger charge is -2.03. The Morgan fingerprint density at radius 3 is 2.69 bits per heavy atom. The molecule has 84 valence electrons. The summed E-state index contributed by atoms with van der Waals surface area (Å²) in [4.78, 5) is 3.97. The van der Waals surface area contributed by atoms with E-state index in [9.17, 15) is 8.42 Å². The molecule has 0 atom stereocenters. The molecular formula is C10H8ClNO3S. The molecule has 0 amide bonds. The molecule has 4 nitrogen and oxygen atoms in total. The van der Waals surface area contributed by atoms with Gasteiger partial charge in [-0.15, -0.1) is 0 Å². The quantitative estimate of drug-likeness (QED) is 0.793. The fourth-order valence-corrected chi connectivity index (χ4v) is 2.37. The molecule has 16 heavy (non-hydrogen) atoms. The lowest BCUT2D eigenvalue weighted by atomic mass is 10.1.